The van der Waals surface area contributed by atoms with Crippen molar-refractivity contribution in [2.75, 3.05) is 0 Å². The molecule has 0 unspecified atom stereocenters. The lowest BCUT2D eigenvalue weighted by atomic mass is 10.2. The molecule has 0 N–H and O–H groups in total. The summed E-state index contributed by atoms with van der Waals surface area (Å²) in [5.41, 5.74) is 0.686. The predicted molar refractivity (Wildman–Crippen MR) is 41.7 cm³/mol. The molecule has 0 saturated carbocycles. The van der Waals surface area contributed by atoms with Crippen molar-refractivity contribution in [3.8, 4) is 0 Å². The molecule has 2 heteroatoms. The topological polar surface area (TPSA) is 26.9 Å². The van der Waals surface area contributed by atoms with E-state index in [2.05, 4.69) is 6.07 Å². The normalized spacial score (nSPS) is 10.2. The lowest BCUT2D eigenvalue weighted by molar-refractivity contribution is -0.577. The van der Waals surface area contributed by atoms with Crippen molar-refractivity contribution < 1.29 is 4.73 Å². The number of aromatic nitrogens is 1. The summed E-state index contributed by atoms with van der Waals surface area (Å²) in [6, 6.07) is 12.0. The summed E-state index contributed by atoms with van der Waals surface area (Å²) in [6.45, 7) is 0. The molecular weight excluding hydrogens is 138 g/mol. The zero-order chi connectivity index (χ0) is 7.68. The Bertz CT molecular complexity index is 379. The summed E-state index contributed by atoms with van der Waals surface area (Å²) in [7, 11) is 0. The van der Waals surface area contributed by atoms with E-state index < -0.39 is 0 Å². The Morgan fingerprint density at radius 2 is 2.09 bits per heavy atom. The number of hydrogen-bond acceptors (Lipinski definition) is 1. The van der Waals surface area contributed by atoms with E-state index in [1.165, 1.54) is 6.20 Å². The molecule has 2 rings (SSSR count). The van der Waals surface area contributed by atoms with Crippen LogP contribution in [0.4, 0.5) is 0 Å². The molecule has 0 aliphatic rings. The van der Waals surface area contributed by atoms with Gasteiger partial charge < -0.3 is 5.21 Å². The largest absolute Gasteiger partial charge is 0.618 e. The molecule has 0 aliphatic carbocycles. The van der Waals surface area contributed by atoms with E-state index in [1.54, 1.807) is 12.1 Å². The molecule has 0 aliphatic heterocycles. The molecule has 2 nitrogen and oxygen atoms in total. The summed E-state index contributed by atoms with van der Waals surface area (Å²) in [5.74, 6) is 0. The van der Waals surface area contributed by atoms with Gasteiger partial charge in [0.2, 0.25) is 5.52 Å². The van der Waals surface area contributed by atoms with Crippen molar-refractivity contribution in [2.45, 2.75) is 0 Å². The average Bonchev–Trinajstić information content (AvgIpc) is 2.06. The van der Waals surface area contributed by atoms with Crippen molar-refractivity contribution in [3.05, 3.63) is 47.8 Å². The van der Waals surface area contributed by atoms with E-state index in [-0.39, 0.29) is 0 Å². The van der Waals surface area contributed by atoms with Crippen molar-refractivity contribution in [2.24, 2.45) is 0 Å². The third-order valence-corrected chi connectivity index (χ3v) is 1.60. The highest BCUT2D eigenvalue weighted by Crippen LogP contribution is 2.06. The second-order valence-electron chi connectivity index (χ2n) is 2.32. The minimum atomic E-state index is 0.686. The highest BCUT2D eigenvalue weighted by atomic mass is 16.5. The Morgan fingerprint density at radius 1 is 1.27 bits per heavy atom. The fourth-order valence-corrected chi connectivity index (χ4v) is 1.07. The molecule has 0 amide bonds. The molecular formula is C9H6NO. The van der Waals surface area contributed by atoms with Crippen molar-refractivity contribution in [1.29, 1.82) is 0 Å². The molecule has 1 heterocycles. The van der Waals surface area contributed by atoms with Gasteiger partial charge in [-0.05, 0) is 12.1 Å². The Labute approximate surface area is 64.3 Å². The van der Waals surface area contributed by atoms with E-state index >= 15 is 0 Å². The summed E-state index contributed by atoms with van der Waals surface area (Å²) >= 11 is 0. The number of benzene rings is 1. The lowest BCUT2D eigenvalue weighted by Crippen LogP contribution is -2.25. The van der Waals surface area contributed by atoms with Crippen LogP contribution >= 0.6 is 0 Å². The SMILES string of the molecule is [O-][n+]1c[c]cc2ccccc21. The standard InChI is InChI=1S/C9H6NO/c11-10-7-3-5-8-4-1-2-6-9(8)10/h1-2,4-7H. The molecule has 0 saturated heterocycles. The number of pyridine rings is 1. The third kappa shape index (κ3) is 0.923. The quantitative estimate of drug-likeness (QED) is 0.404. The first kappa shape index (κ1) is 6.16. The van der Waals surface area contributed by atoms with Crippen LogP contribution in [-0.4, -0.2) is 0 Å². The fraction of sp³-hybridized carbons (Fsp3) is 0. The second-order valence-corrected chi connectivity index (χ2v) is 2.32. The van der Waals surface area contributed by atoms with Crippen molar-refractivity contribution >= 4 is 10.9 Å². The van der Waals surface area contributed by atoms with Crippen LogP contribution in [-0.2, 0) is 0 Å². The van der Waals surface area contributed by atoms with E-state index in [0.717, 1.165) is 10.1 Å². The average molecular weight is 144 g/mol. The van der Waals surface area contributed by atoms with Gasteiger partial charge in [-0.25, -0.2) is 0 Å². The minimum Gasteiger partial charge on any atom is -0.618 e. The fourth-order valence-electron chi connectivity index (χ4n) is 1.07. The van der Waals surface area contributed by atoms with Crippen LogP contribution in [0.2, 0.25) is 0 Å². The van der Waals surface area contributed by atoms with E-state index in [0.29, 0.717) is 5.52 Å². The predicted octanol–water partition coefficient (Wildman–Crippen LogP) is 1.27. The summed E-state index contributed by atoms with van der Waals surface area (Å²) < 4.78 is 0.815. The molecule has 0 spiro atoms. The molecule has 0 atom stereocenters. The van der Waals surface area contributed by atoms with Gasteiger partial charge in [0.15, 0.2) is 6.20 Å². The zero-order valence-corrected chi connectivity index (χ0v) is 5.82. The number of rotatable bonds is 0. The van der Waals surface area contributed by atoms with Crippen LogP contribution in [0.15, 0.2) is 36.5 Å². The van der Waals surface area contributed by atoms with Gasteiger partial charge >= 0.3 is 0 Å². The zero-order valence-electron chi connectivity index (χ0n) is 5.82. The first-order chi connectivity index (χ1) is 5.38. The number of para-hydroxylation sites is 1. The Hall–Kier alpha value is -1.57. The second kappa shape index (κ2) is 2.23. The molecule has 11 heavy (non-hydrogen) atoms. The first-order valence-electron chi connectivity index (χ1n) is 3.36. The smallest absolute Gasteiger partial charge is 0.223 e. The van der Waals surface area contributed by atoms with Gasteiger partial charge in [-0.15, -0.1) is 0 Å². The third-order valence-electron chi connectivity index (χ3n) is 1.60. The molecule has 0 bridgehead atoms. The number of nitrogens with zero attached hydrogens (tertiary/aromatic N) is 1. The number of fused-ring (bicyclic) bond motifs is 1. The van der Waals surface area contributed by atoms with E-state index in [9.17, 15) is 5.21 Å². The van der Waals surface area contributed by atoms with Gasteiger partial charge in [0.1, 0.15) is 0 Å². The molecule has 53 valence electrons. The molecule has 1 aromatic heterocycles. The van der Waals surface area contributed by atoms with E-state index in [4.69, 9.17) is 0 Å². The molecule has 1 radical (unpaired) electrons. The van der Waals surface area contributed by atoms with Crippen molar-refractivity contribution in [3.63, 3.8) is 0 Å². The minimum absolute atomic E-state index is 0.686. The Kier molecular flexibility index (Phi) is 1.25. The monoisotopic (exact) mass is 144 g/mol. The van der Waals surface area contributed by atoms with Gasteiger partial charge in [-0.1, -0.05) is 12.1 Å². The lowest BCUT2D eigenvalue weighted by Gasteiger charge is -1.98. The number of hydrogen-bond donors (Lipinski definition) is 0. The van der Waals surface area contributed by atoms with Gasteiger partial charge in [-0.3, -0.25) is 0 Å². The summed E-state index contributed by atoms with van der Waals surface area (Å²) in [4.78, 5) is 0. The van der Waals surface area contributed by atoms with Crippen LogP contribution in [0.5, 0.6) is 0 Å². The molecule has 2 aromatic rings. The van der Waals surface area contributed by atoms with Crippen LogP contribution in [0.3, 0.4) is 0 Å². The van der Waals surface area contributed by atoms with Gasteiger partial charge in [0.05, 0.1) is 6.07 Å². The maximum Gasteiger partial charge on any atom is 0.223 e. The van der Waals surface area contributed by atoms with Gasteiger partial charge in [-0.2, -0.15) is 4.73 Å². The Balaban J connectivity index is 2.91. The van der Waals surface area contributed by atoms with Crippen LogP contribution < -0.4 is 4.73 Å². The first-order valence-corrected chi connectivity index (χ1v) is 3.36. The van der Waals surface area contributed by atoms with Crippen molar-refractivity contribution in [1.82, 2.24) is 0 Å². The van der Waals surface area contributed by atoms with Gasteiger partial charge in [0.25, 0.3) is 0 Å². The van der Waals surface area contributed by atoms with Crippen LogP contribution in [0, 0.1) is 11.3 Å². The van der Waals surface area contributed by atoms with Crippen LogP contribution in [0.1, 0.15) is 0 Å². The van der Waals surface area contributed by atoms with Gasteiger partial charge in [0, 0.05) is 11.5 Å². The maximum absolute atomic E-state index is 11.1. The summed E-state index contributed by atoms with van der Waals surface area (Å²) in [6.07, 6.45) is 1.38. The molecule has 0 fully saturated rings. The summed E-state index contributed by atoms with van der Waals surface area (Å²) in [5, 5.41) is 12.0. The highest BCUT2D eigenvalue weighted by molar-refractivity contribution is 5.74. The molecule has 1 aromatic carbocycles. The van der Waals surface area contributed by atoms with Crippen LogP contribution in [0.25, 0.3) is 10.9 Å². The highest BCUT2D eigenvalue weighted by Gasteiger charge is 1.98. The maximum atomic E-state index is 11.1. The Morgan fingerprint density at radius 3 is 2.91 bits per heavy atom. The van der Waals surface area contributed by atoms with E-state index in [1.807, 2.05) is 18.2 Å².